The highest BCUT2D eigenvalue weighted by atomic mass is 16.2. The predicted molar refractivity (Wildman–Crippen MR) is 89.1 cm³/mol. The Morgan fingerprint density at radius 2 is 2.12 bits per heavy atom. The van der Waals surface area contributed by atoms with Gasteiger partial charge in [-0.25, -0.2) is 4.98 Å². The van der Waals surface area contributed by atoms with Gasteiger partial charge in [-0.2, -0.15) is 0 Å². The lowest BCUT2D eigenvalue weighted by Crippen LogP contribution is -2.36. The molecule has 1 aliphatic heterocycles. The first-order valence-electron chi connectivity index (χ1n) is 8.70. The van der Waals surface area contributed by atoms with Crippen LogP contribution in [0.5, 0.6) is 0 Å². The van der Waals surface area contributed by atoms with Gasteiger partial charge in [-0.15, -0.1) is 0 Å². The zero-order valence-electron chi connectivity index (χ0n) is 13.6. The van der Waals surface area contributed by atoms with Crippen LogP contribution in [0.25, 0.3) is 5.65 Å². The molecule has 6 heteroatoms. The van der Waals surface area contributed by atoms with Gasteiger partial charge in [0, 0.05) is 31.4 Å². The smallest absolute Gasteiger partial charge is 0.225 e. The summed E-state index contributed by atoms with van der Waals surface area (Å²) in [6.07, 6.45) is 8.75. The van der Waals surface area contributed by atoms with Crippen LogP contribution in [-0.4, -0.2) is 38.7 Å². The van der Waals surface area contributed by atoms with Crippen molar-refractivity contribution in [2.24, 2.45) is 5.92 Å². The van der Waals surface area contributed by atoms with Crippen molar-refractivity contribution < 1.29 is 9.59 Å². The summed E-state index contributed by atoms with van der Waals surface area (Å²) in [4.78, 5) is 31.0. The third-order valence-corrected chi connectivity index (χ3v) is 5.15. The van der Waals surface area contributed by atoms with E-state index in [1.54, 1.807) is 0 Å². The summed E-state index contributed by atoms with van der Waals surface area (Å²) in [7, 11) is 0. The minimum atomic E-state index is -0.227. The Morgan fingerprint density at radius 1 is 1.29 bits per heavy atom. The number of carbonyl (C=O) groups is 2. The van der Waals surface area contributed by atoms with Crippen molar-refractivity contribution >= 4 is 17.5 Å². The minimum absolute atomic E-state index is 0.0408. The van der Waals surface area contributed by atoms with Gasteiger partial charge >= 0.3 is 0 Å². The third kappa shape index (κ3) is 2.88. The maximum absolute atomic E-state index is 12.4. The van der Waals surface area contributed by atoms with Gasteiger partial charge < -0.3 is 14.6 Å². The summed E-state index contributed by atoms with van der Waals surface area (Å²) >= 11 is 0. The average molecular weight is 326 g/mol. The Morgan fingerprint density at radius 3 is 2.92 bits per heavy atom. The van der Waals surface area contributed by atoms with E-state index in [4.69, 9.17) is 0 Å². The first kappa shape index (κ1) is 15.2. The van der Waals surface area contributed by atoms with Crippen molar-refractivity contribution in [1.82, 2.24) is 19.6 Å². The molecule has 1 atom stereocenters. The van der Waals surface area contributed by atoms with E-state index in [9.17, 15) is 9.59 Å². The number of amides is 2. The van der Waals surface area contributed by atoms with Gasteiger partial charge in [-0.05, 0) is 25.0 Å². The van der Waals surface area contributed by atoms with Gasteiger partial charge in [0.15, 0.2) is 0 Å². The number of pyridine rings is 1. The number of nitrogens with one attached hydrogen (secondary N) is 1. The molecule has 0 spiro atoms. The van der Waals surface area contributed by atoms with Crippen LogP contribution in [0.4, 0.5) is 0 Å². The molecule has 0 aromatic carbocycles. The molecule has 0 bridgehead atoms. The number of aromatic nitrogens is 2. The van der Waals surface area contributed by atoms with E-state index in [1.807, 2.05) is 39.9 Å². The van der Waals surface area contributed by atoms with Crippen LogP contribution in [0.3, 0.4) is 0 Å². The molecule has 2 amide bonds. The lowest BCUT2D eigenvalue weighted by Gasteiger charge is -2.23. The maximum Gasteiger partial charge on any atom is 0.225 e. The zero-order valence-corrected chi connectivity index (χ0v) is 13.6. The molecule has 0 radical (unpaired) electrons. The second-order valence-corrected chi connectivity index (χ2v) is 6.80. The number of carbonyl (C=O) groups excluding carboxylic acids is 2. The average Bonchev–Trinajstić information content (AvgIpc) is 3.30. The number of hydrogen-bond acceptors (Lipinski definition) is 3. The Labute approximate surface area is 140 Å². The van der Waals surface area contributed by atoms with Crippen LogP contribution in [0, 0.1) is 5.92 Å². The Bertz CT molecular complexity index is 730. The summed E-state index contributed by atoms with van der Waals surface area (Å²) in [5, 5.41) is 2.94. The molecule has 2 fully saturated rings. The molecule has 1 saturated heterocycles. The normalized spacial score (nSPS) is 21.8. The van der Waals surface area contributed by atoms with Gasteiger partial charge in [-0.1, -0.05) is 18.9 Å². The topological polar surface area (TPSA) is 66.7 Å². The lowest BCUT2D eigenvalue weighted by atomic mass is 10.1. The summed E-state index contributed by atoms with van der Waals surface area (Å²) in [5.74, 6) is -0.134. The Kier molecular flexibility index (Phi) is 3.96. The zero-order chi connectivity index (χ0) is 16.5. The standard InChI is InChI=1S/C18H22N4O2/c23-17-9-13(11-22(17)15-5-1-2-6-15)18(24)19-10-14-12-21-8-4-3-7-16(21)20-14/h3-4,7-8,12-13,15H,1-2,5-6,9-11H2,(H,19,24)/t13-/m0/s1. The molecule has 126 valence electrons. The first-order chi connectivity index (χ1) is 11.7. The van der Waals surface area contributed by atoms with Crippen LogP contribution in [-0.2, 0) is 16.1 Å². The SMILES string of the molecule is O=C(NCc1cn2ccccc2n1)[C@H]1CC(=O)N(C2CCCC2)C1. The van der Waals surface area contributed by atoms with E-state index in [0.717, 1.165) is 24.2 Å². The number of nitrogens with zero attached hydrogens (tertiary/aromatic N) is 3. The second kappa shape index (κ2) is 6.26. The monoisotopic (exact) mass is 326 g/mol. The summed E-state index contributed by atoms with van der Waals surface area (Å²) in [6, 6.07) is 6.17. The van der Waals surface area contributed by atoms with Gasteiger partial charge in [-0.3, -0.25) is 9.59 Å². The third-order valence-electron chi connectivity index (χ3n) is 5.15. The molecule has 2 aromatic rings. The van der Waals surface area contributed by atoms with Crippen molar-refractivity contribution in [3.63, 3.8) is 0 Å². The highest BCUT2D eigenvalue weighted by Crippen LogP contribution is 2.29. The largest absolute Gasteiger partial charge is 0.350 e. The summed E-state index contributed by atoms with van der Waals surface area (Å²) < 4.78 is 1.93. The van der Waals surface area contributed by atoms with E-state index >= 15 is 0 Å². The summed E-state index contributed by atoms with van der Waals surface area (Å²) in [5.41, 5.74) is 1.69. The second-order valence-electron chi connectivity index (χ2n) is 6.80. The molecule has 1 saturated carbocycles. The fourth-order valence-electron chi connectivity index (χ4n) is 3.87. The Balaban J connectivity index is 1.35. The van der Waals surface area contributed by atoms with Crippen molar-refractivity contribution in [1.29, 1.82) is 0 Å². The van der Waals surface area contributed by atoms with E-state index in [-0.39, 0.29) is 17.7 Å². The highest BCUT2D eigenvalue weighted by molar-refractivity contribution is 5.89. The molecule has 4 rings (SSSR count). The summed E-state index contributed by atoms with van der Waals surface area (Å²) in [6.45, 7) is 0.967. The lowest BCUT2D eigenvalue weighted by molar-refractivity contribution is -0.130. The van der Waals surface area contributed by atoms with Crippen LogP contribution in [0.15, 0.2) is 30.6 Å². The van der Waals surface area contributed by atoms with Crippen LogP contribution in [0.2, 0.25) is 0 Å². The first-order valence-corrected chi connectivity index (χ1v) is 8.70. The number of hydrogen-bond donors (Lipinski definition) is 1. The molecule has 2 aliphatic rings. The number of imidazole rings is 1. The van der Waals surface area contributed by atoms with Gasteiger partial charge in [0.05, 0.1) is 18.2 Å². The maximum atomic E-state index is 12.4. The number of rotatable bonds is 4. The van der Waals surface area contributed by atoms with Crippen LogP contribution >= 0.6 is 0 Å². The predicted octanol–water partition coefficient (Wildman–Crippen LogP) is 1.74. The van der Waals surface area contributed by atoms with E-state index in [1.165, 1.54) is 12.8 Å². The molecule has 2 aromatic heterocycles. The highest BCUT2D eigenvalue weighted by Gasteiger charge is 2.38. The van der Waals surface area contributed by atoms with E-state index < -0.39 is 0 Å². The number of likely N-dealkylation sites (tertiary alicyclic amines) is 1. The molecule has 1 aliphatic carbocycles. The fourth-order valence-corrected chi connectivity index (χ4v) is 3.87. The van der Waals surface area contributed by atoms with Gasteiger partial charge in [0.2, 0.25) is 11.8 Å². The van der Waals surface area contributed by atoms with Crippen molar-refractivity contribution in [2.75, 3.05) is 6.54 Å². The molecular weight excluding hydrogens is 304 g/mol. The van der Waals surface area contributed by atoms with E-state index in [0.29, 0.717) is 25.6 Å². The van der Waals surface area contributed by atoms with Crippen molar-refractivity contribution in [2.45, 2.75) is 44.7 Å². The molecule has 0 unspecified atom stereocenters. The quantitative estimate of drug-likeness (QED) is 0.931. The van der Waals surface area contributed by atoms with Crippen LogP contribution in [0.1, 0.15) is 37.8 Å². The van der Waals surface area contributed by atoms with E-state index in [2.05, 4.69) is 10.3 Å². The van der Waals surface area contributed by atoms with Crippen LogP contribution < -0.4 is 5.32 Å². The van der Waals surface area contributed by atoms with Gasteiger partial charge in [0.25, 0.3) is 0 Å². The molecule has 6 nitrogen and oxygen atoms in total. The Hall–Kier alpha value is -2.37. The van der Waals surface area contributed by atoms with Gasteiger partial charge in [0.1, 0.15) is 5.65 Å². The van der Waals surface area contributed by atoms with Crippen molar-refractivity contribution in [3.8, 4) is 0 Å². The molecule has 1 N–H and O–H groups in total. The minimum Gasteiger partial charge on any atom is -0.350 e. The molecule has 3 heterocycles. The van der Waals surface area contributed by atoms with Crippen molar-refractivity contribution in [3.05, 3.63) is 36.3 Å². The molecular formula is C18H22N4O2. The fraction of sp³-hybridized carbons (Fsp3) is 0.500. The molecule has 24 heavy (non-hydrogen) atoms. The number of fused-ring (bicyclic) bond motifs is 1.